The quantitative estimate of drug-likeness (QED) is 0.376. The van der Waals surface area contributed by atoms with Gasteiger partial charge in [-0.1, -0.05) is 36.7 Å². The Morgan fingerprint density at radius 3 is 2.53 bits per heavy atom. The van der Waals surface area contributed by atoms with Crippen LogP contribution >= 0.6 is 11.6 Å². The molecule has 1 heterocycles. The molecule has 2 aromatic carbocycles. The number of carbonyl (C=O) groups is 2. The van der Waals surface area contributed by atoms with Crippen LogP contribution < -0.4 is 10.6 Å². The van der Waals surface area contributed by atoms with Gasteiger partial charge in [-0.15, -0.1) is 0 Å². The molecule has 1 atom stereocenters. The number of hydrogen-bond donors (Lipinski definition) is 2. The van der Waals surface area contributed by atoms with Gasteiger partial charge in [-0.2, -0.15) is 18.2 Å². The molecule has 0 saturated heterocycles. The van der Waals surface area contributed by atoms with Crippen molar-refractivity contribution >= 4 is 34.9 Å². The van der Waals surface area contributed by atoms with E-state index in [1.54, 1.807) is 36.4 Å². The lowest BCUT2D eigenvalue weighted by molar-refractivity contribution is -0.211. The smallest absolute Gasteiger partial charge is 0.351 e. The summed E-state index contributed by atoms with van der Waals surface area (Å²) in [4.78, 5) is 29.3. The number of alkyl halides is 3. The zero-order valence-electron chi connectivity index (χ0n) is 21.2. The third-order valence-corrected chi connectivity index (χ3v) is 7.29. The van der Waals surface area contributed by atoms with Crippen LogP contribution in [0, 0.1) is 17.2 Å². The maximum Gasteiger partial charge on any atom is 0.402 e. The van der Waals surface area contributed by atoms with Gasteiger partial charge in [-0.25, -0.2) is 9.18 Å². The number of nitrogens with one attached hydrogen (secondary N) is 2. The topological polar surface area (TPSA) is 70.6 Å². The maximum atomic E-state index is 14.3. The minimum Gasteiger partial charge on any atom is -0.351 e. The highest BCUT2D eigenvalue weighted by Crippen LogP contribution is 2.42. The molecule has 1 fully saturated rings. The molecule has 0 radical (unpaired) electrons. The van der Waals surface area contributed by atoms with Crippen molar-refractivity contribution < 1.29 is 27.2 Å². The molecule has 10 heteroatoms. The van der Waals surface area contributed by atoms with Crippen LogP contribution in [0.1, 0.15) is 68.2 Å². The van der Waals surface area contributed by atoms with E-state index in [-0.39, 0.29) is 24.2 Å². The first-order valence-electron chi connectivity index (χ1n) is 12.3. The van der Waals surface area contributed by atoms with Gasteiger partial charge >= 0.3 is 12.2 Å². The Kier molecular flexibility index (Phi) is 7.70. The number of rotatable bonds is 6. The summed E-state index contributed by atoms with van der Waals surface area (Å²) in [6.45, 7) is 3.40. The Hall–Kier alpha value is -3.20. The average Bonchev–Trinajstić information content (AvgIpc) is 3.68. The summed E-state index contributed by atoms with van der Waals surface area (Å²) in [5.41, 5.74) is 0.699. The van der Waals surface area contributed by atoms with Gasteiger partial charge in [0.1, 0.15) is 11.2 Å². The van der Waals surface area contributed by atoms with E-state index < -0.39 is 23.5 Å². The maximum absolute atomic E-state index is 14.3. The normalized spacial score (nSPS) is 18.6. The average molecular weight is 550 g/mol. The van der Waals surface area contributed by atoms with Gasteiger partial charge in [0.25, 0.3) is 0 Å². The number of urea groups is 1. The number of benzene rings is 2. The number of nitrogens with zero attached hydrogens (tertiary/aromatic N) is 1. The lowest BCUT2D eigenvalue weighted by Gasteiger charge is -2.26. The predicted octanol–water partition coefficient (Wildman–Crippen LogP) is 7.14. The first-order valence-corrected chi connectivity index (χ1v) is 12.7. The summed E-state index contributed by atoms with van der Waals surface area (Å²) in [5.74, 6) is -1.37. The Bertz CT molecular complexity index is 1330. The third-order valence-electron chi connectivity index (χ3n) is 6.97. The lowest BCUT2D eigenvalue weighted by Crippen LogP contribution is -2.46. The summed E-state index contributed by atoms with van der Waals surface area (Å²) in [5, 5.41) is 5.37. The number of allylic oxidation sites excluding steroid dienone is 1. The Balaban J connectivity index is 1.53. The molecule has 38 heavy (non-hydrogen) atoms. The van der Waals surface area contributed by atoms with Crippen LogP contribution in [0.25, 0.3) is 5.70 Å². The van der Waals surface area contributed by atoms with E-state index in [1.165, 1.54) is 6.07 Å². The van der Waals surface area contributed by atoms with Gasteiger partial charge in [0, 0.05) is 28.7 Å². The van der Waals surface area contributed by atoms with Crippen LogP contribution in [0.5, 0.6) is 0 Å². The summed E-state index contributed by atoms with van der Waals surface area (Å²) >= 11 is 6.40. The molecular formula is C28H28ClF4N3O2. The van der Waals surface area contributed by atoms with Crippen molar-refractivity contribution in [3.05, 3.63) is 75.6 Å². The Morgan fingerprint density at radius 2 is 1.87 bits per heavy atom. The summed E-state index contributed by atoms with van der Waals surface area (Å²) in [6, 6.07) is 8.93. The van der Waals surface area contributed by atoms with Crippen LogP contribution in [0.2, 0.25) is 5.02 Å². The van der Waals surface area contributed by atoms with E-state index in [0.717, 1.165) is 26.7 Å². The highest BCUT2D eigenvalue weighted by Gasteiger charge is 2.52. The first-order chi connectivity index (χ1) is 17.8. The molecule has 0 unspecified atom stereocenters. The Labute approximate surface area is 223 Å². The van der Waals surface area contributed by atoms with Crippen LogP contribution in [0.15, 0.2) is 47.5 Å². The first kappa shape index (κ1) is 27.8. The van der Waals surface area contributed by atoms with E-state index in [4.69, 9.17) is 11.6 Å². The number of carbonyl (C=O) groups excluding carboxylic acids is 2. The van der Waals surface area contributed by atoms with Gasteiger partial charge in [0.2, 0.25) is 5.91 Å². The highest BCUT2D eigenvalue weighted by atomic mass is 35.5. The highest BCUT2D eigenvalue weighted by molar-refractivity contribution is 6.32. The van der Waals surface area contributed by atoms with Crippen LogP contribution in [0.3, 0.4) is 0 Å². The molecule has 0 spiro atoms. The van der Waals surface area contributed by atoms with Gasteiger partial charge in [-0.05, 0) is 80.0 Å². The fraction of sp³-hybridized carbons (Fsp3) is 0.393. The van der Waals surface area contributed by atoms with Crippen LogP contribution in [-0.2, 0) is 11.3 Å². The largest absolute Gasteiger partial charge is 0.402 e. The second-order valence-electron chi connectivity index (χ2n) is 10.3. The fourth-order valence-electron chi connectivity index (χ4n) is 4.18. The van der Waals surface area contributed by atoms with E-state index in [2.05, 4.69) is 15.6 Å². The molecule has 5 nitrogen and oxygen atoms in total. The molecular weight excluding hydrogens is 522 g/mol. The van der Waals surface area contributed by atoms with Crippen molar-refractivity contribution in [3.63, 3.8) is 0 Å². The standard InChI is InChI=1S/C28H28ClF4N3O2/c1-15-4-11-23(35-26(38)36-24(15)18-8-10-22(30)19(13-18)17-6-7-17)20-12-16(5-9-21(20)29)14-34-25(37)27(2,3)28(31,32)33/h5,8-13,15,17H,4,6-7,14H2,1-3H3,(H,34,37)(H,35,38)/t15-/m1/s1. The predicted molar refractivity (Wildman–Crippen MR) is 138 cm³/mol. The van der Waals surface area contributed by atoms with Crippen molar-refractivity contribution in [2.45, 2.75) is 58.7 Å². The fourth-order valence-corrected chi connectivity index (χ4v) is 4.40. The Morgan fingerprint density at radius 1 is 1.16 bits per heavy atom. The van der Waals surface area contributed by atoms with Crippen molar-refractivity contribution in [2.75, 3.05) is 0 Å². The molecule has 1 aliphatic heterocycles. The van der Waals surface area contributed by atoms with Crippen molar-refractivity contribution in [1.29, 1.82) is 0 Å². The molecule has 3 amide bonds. The number of amides is 3. The zero-order chi connectivity index (χ0) is 27.8. The second-order valence-corrected chi connectivity index (χ2v) is 10.7. The summed E-state index contributed by atoms with van der Waals surface area (Å²) < 4.78 is 53.8. The van der Waals surface area contributed by atoms with Gasteiger partial charge in [-0.3, -0.25) is 4.79 Å². The molecule has 0 aromatic heterocycles. The lowest BCUT2D eigenvalue weighted by atomic mass is 9.91. The third kappa shape index (κ3) is 5.93. The SMILES string of the molecule is C[C@@H]1CC=C(c2cc(CNC(=O)C(C)(C)C(F)(F)F)ccc2Cl)NC(=O)N=C1c1ccc(F)c(C2CC2)c1. The van der Waals surface area contributed by atoms with Gasteiger partial charge in [0.15, 0.2) is 0 Å². The van der Waals surface area contributed by atoms with Crippen molar-refractivity contribution in [3.8, 4) is 0 Å². The minimum absolute atomic E-state index is 0.156. The molecule has 2 N–H and O–H groups in total. The summed E-state index contributed by atoms with van der Waals surface area (Å²) in [6.07, 6.45) is -0.517. The summed E-state index contributed by atoms with van der Waals surface area (Å²) in [7, 11) is 0. The van der Waals surface area contributed by atoms with E-state index in [0.29, 0.717) is 45.1 Å². The van der Waals surface area contributed by atoms with E-state index in [1.807, 2.05) is 6.92 Å². The number of halogens is 5. The second kappa shape index (κ2) is 10.5. The number of hydrogen-bond acceptors (Lipinski definition) is 2. The molecule has 4 rings (SSSR count). The van der Waals surface area contributed by atoms with Crippen LogP contribution in [0.4, 0.5) is 22.4 Å². The van der Waals surface area contributed by atoms with Gasteiger partial charge < -0.3 is 10.6 Å². The van der Waals surface area contributed by atoms with E-state index >= 15 is 0 Å². The minimum atomic E-state index is -4.69. The monoisotopic (exact) mass is 549 g/mol. The molecule has 2 aromatic rings. The molecule has 2 aliphatic rings. The van der Waals surface area contributed by atoms with Crippen LogP contribution in [-0.4, -0.2) is 23.8 Å². The molecule has 1 aliphatic carbocycles. The molecule has 1 saturated carbocycles. The van der Waals surface area contributed by atoms with Gasteiger partial charge in [0.05, 0.1) is 5.71 Å². The van der Waals surface area contributed by atoms with Crippen molar-refractivity contribution in [2.24, 2.45) is 16.3 Å². The van der Waals surface area contributed by atoms with E-state index in [9.17, 15) is 27.2 Å². The zero-order valence-corrected chi connectivity index (χ0v) is 21.9. The molecule has 202 valence electrons. The number of aliphatic imine (C=N–C) groups is 1. The van der Waals surface area contributed by atoms with Crippen molar-refractivity contribution in [1.82, 2.24) is 10.6 Å². The molecule has 0 bridgehead atoms.